The molecule has 1 aliphatic heterocycles. The summed E-state index contributed by atoms with van der Waals surface area (Å²) in [7, 11) is 0. The van der Waals surface area contributed by atoms with E-state index in [-0.39, 0.29) is 11.8 Å². The minimum Gasteiger partial charge on any atom is -0.349 e. The van der Waals surface area contributed by atoms with Crippen molar-refractivity contribution in [1.29, 1.82) is 0 Å². The van der Waals surface area contributed by atoms with E-state index in [1.165, 1.54) is 0 Å². The molecule has 2 unspecified atom stereocenters. The maximum atomic E-state index is 11.8. The van der Waals surface area contributed by atoms with Gasteiger partial charge in [0.1, 0.15) is 5.01 Å². The van der Waals surface area contributed by atoms with Crippen molar-refractivity contribution in [3.8, 4) is 0 Å². The quantitative estimate of drug-likeness (QED) is 0.798. The Morgan fingerprint density at radius 3 is 3.27 bits per heavy atom. The second-order valence-corrected chi connectivity index (χ2v) is 4.76. The van der Waals surface area contributed by atoms with Crippen LogP contribution >= 0.6 is 11.3 Å². The van der Waals surface area contributed by atoms with Gasteiger partial charge in [0, 0.05) is 17.6 Å². The van der Waals surface area contributed by atoms with E-state index < -0.39 is 0 Å². The van der Waals surface area contributed by atoms with Crippen LogP contribution in [-0.4, -0.2) is 23.5 Å². The van der Waals surface area contributed by atoms with E-state index in [1.54, 1.807) is 17.5 Å². The molecule has 0 radical (unpaired) electrons. The molecule has 1 saturated heterocycles. The minimum atomic E-state index is 0.116. The molecule has 2 N–H and O–H groups in total. The van der Waals surface area contributed by atoms with Gasteiger partial charge < -0.3 is 10.6 Å². The van der Waals surface area contributed by atoms with E-state index in [9.17, 15) is 4.79 Å². The molecular formula is C10H15N3OS. The number of nitrogens with zero attached hydrogens (tertiary/aromatic N) is 1. The Bertz CT molecular complexity index is 325. The molecule has 2 atom stereocenters. The summed E-state index contributed by atoms with van der Waals surface area (Å²) in [5.74, 6) is 0.257. The number of carbonyl (C=O) groups is 1. The van der Waals surface area contributed by atoms with Crippen LogP contribution in [0.3, 0.4) is 0 Å². The van der Waals surface area contributed by atoms with Crippen molar-refractivity contribution in [3.63, 3.8) is 0 Å². The molecule has 0 saturated carbocycles. The second kappa shape index (κ2) is 4.72. The molecule has 15 heavy (non-hydrogen) atoms. The zero-order valence-corrected chi connectivity index (χ0v) is 9.51. The fraction of sp³-hybridized carbons (Fsp3) is 0.600. The van der Waals surface area contributed by atoms with Gasteiger partial charge >= 0.3 is 0 Å². The highest BCUT2D eigenvalue weighted by Crippen LogP contribution is 2.15. The summed E-state index contributed by atoms with van der Waals surface area (Å²) >= 11 is 1.57. The first-order valence-corrected chi connectivity index (χ1v) is 6.05. The molecule has 0 bridgehead atoms. The number of carbonyl (C=O) groups excluding carboxylic acids is 1. The van der Waals surface area contributed by atoms with Gasteiger partial charge in [-0.25, -0.2) is 4.98 Å². The van der Waals surface area contributed by atoms with E-state index in [2.05, 4.69) is 22.5 Å². The summed E-state index contributed by atoms with van der Waals surface area (Å²) in [6.45, 7) is 3.55. The standard InChI is InChI=1S/C10H15N3OS/c1-7-8(2-3-11-7)10(14)13-6-9-12-4-5-15-9/h4-5,7-8,11H,2-3,6H2,1H3,(H,13,14). The zero-order chi connectivity index (χ0) is 10.7. The van der Waals surface area contributed by atoms with Crippen LogP contribution < -0.4 is 10.6 Å². The first-order valence-electron chi connectivity index (χ1n) is 5.17. The summed E-state index contributed by atoms with van der Waals surface area (Å²) in [5, 5.41) is 9.07. The molecule has 1 amide bonds. The van der Waals surface area contributed by atoms with E-state index in [0.717, 1.165) is 18.0 Å². The van der Waals surface area contributed by atoms with E-state index in [0.29, 0.717) is 12.6 Å². The number of hydrogen-bond donors (Lipinski definition) is 2. The maximum Gasteiger partial charge on any atom is 0.225 e. The summed E-state index contributed by atoms with van der Waals surface area (Å²) in [6.07, 6.45) is 2.69. The number of aromatic nitrogens is 1. The Morgan fingerprint density at radius 1 is 1.80 bits per heavy atom. The van der Waals surface area contributed by atoms with Crippen LogP contribution in [0.4, 0.5) is 0 Å². The van der Waals surface area contributed by atoms with Gasteiger partial charge in [0.2, 0.25) is 5.91 Å². The number of thiazole rings is 1. The highest BCUT2D eigenvalue weighted by atomic mass is 32.1. The highest BCUT2D eigenvalue weighted by molar-refractivity contribution is 7.09. The number of hydrogen-bond acceptors (Lipinski definition) is 4. The van der Waals surface area contributed by atoms with Crippen molar-refractivity contribution in [2.75, 3.05) is 6.54 Å². The molecular weight excluding hydrogens is 210 g/mol. The Balaban J connectivity index is 1.82. The number of amides is 1. The lowest BCUT2D eigenvalue weighted by Gasteiger charge is -2.14. The SMILES string of the molecule is CC1NCCC1C(=O)NCc1nccs1. The topological polar surface area (TPSA) is 54.0 Å². The average Bonchev–Trinajstić information content (AvgIpc) is 2.84. The summed E-state index contributed by atoms with van der Waals surface area (Å²) in [5.41, 5.74) is 0. The van der Waals surface area contributed by atoms with Gasteiger partial charge in [-0.2, -0.15) is 0 Å². The fourth-order valence-electron chi connectivity index (χ4n) is 1.85. The van der Waals surface area contributed by atoms with Gasteiger partial charge in [0.15, 0.2) is 0 Å². The zero-order valence-electron chi connectivity index (χ0n) is 8.69. The molecule has 2 heterocycles. The molecule has 0 aliphatic carbocycles. The van der Waals surface area contributed by atoms with Gasteiger partial charge in [0.25, 0.3) is 0 Å². The Morgan fingerprint density at radius 2 is 2.67 bits per heavy atom. The van der Waals surface area contributed by atoms with Gasteiger partial charge in [-0.3, -0.25) is 4.79 Å². The lowest BCUT2D eigenvalue weighted by Crippen LogP contribution is -2.36. The molecule has 0 aromatic carbocycles. The van der Waals surface area contributed by atoms with Crippen molar-refractivity contribution < 1.29 is 4.79 Å². The molecule has 82 valence electrons. The second-order valence-electron chi connectivity index (χ2n) is 3.78. The summed E-state index contributed by atoms with van der Waals surface area (Å²) in [4.78, 5) is 15.9. The third-order valence-electron chi connectivity index (χ3n) is 2.76. The average molecular weight is 225 g/mol. The van der Waals surface area contributed by atoms with E-state index >= 15 is 0 Å². The van der Waals surface area contributed by atoms with Crippen molar-refractivity contribution in [3.05, 3.63) is 16.6 Å². The monoisotopic (exact) mass is 225 g/mol. The molecule has 4 nitrogen and oxygen atoms in total. The Labute approximate surface area is 93.1 Å². The largest absolute Gasteiger partial charge is 0.349 e. The predicted molar refractivity (Wildman–Crippen MR) is 59.5 cm³/mol. The highest BCUT2D eigenvalue weighted by Gasteiger charge is 2.28. The Kier molecular flexibility index (Phi) is 3.33. The smallest absolute Gasteiger partial charge is 0.225 e. The predicted octanol–water partition coefficient (Wildman–Crippen LogP) is 0.757. The lowest BCUT2D eigenvalue weighted by molar-refractivity contribution is -0.125. The van der Waals surface area contributed by atoms with Crippen LogP contribution in [0.5, 0.6) is 0 Å². The summed E-state index contributed by atoms with van der Waals surface area (Å²) < 4.78 is 0. The van der Waals surface area contributed by atoms with Crippen molar-refractivity contribution in [2.24, 2.45) is 5.92 Å². The maximum absolute atomic E-state index is 11.8. The normalized spacial score (nSPS) is 25.4. The molecule has 1 fully saturated rings. The first-order chi connectivity index (χ1) is 7.27. The number of nitrogens with one attached hydrogen (secondary N) is 2. The molecule has 5 heteroatoms. The molecule has 1 aromatic heterocycles. The molecule has 2 rings (SSSR count). The molecule has 1 aliphatic rings. The van der Waals surface area contributed by atoms with Crippen LogP contribution in [-0.2, 0) is 11.3 Å². The lowest BCUT2D eigenvalue weighted by atomic mass is 10.0. The fourth-order valence-corrected chi connectivity index (χ4v) is 2.41. The van der Waals surface area contributed by atoms with Gasteiger partial charge in [0.05, 0.1) is 12.5 Å². The Hall–Kier alpha value is -0.940. The van der Waals surface area contributed by atoms with Gasteiger partial charge in [-0.15, -0.1) is 11.3 Å². The van der Waals surface area contributed by atoms with Crippen LogP contribution in [0.2, 0.25) is 0 Å². The molecule has 1 aromatic rings. The van der Waals surface area contributed by atoms with Crippen LogP contribution in [0.15, 0.2) is 11.6 Å². The van der Waals surface area contributed by atoms with Crippen LogP contribution in [0.25, 0.3) is 0 Å². The van der Waals surface area contributed by atoms with Gasteiger partial charge in [-0.1, -0.05) is 0 Å². The third-order valence-corrected chi connectivity index (χ3v) is 3.54. The number of rotatable bonds is 3. The van der Waals surface area contributed by atoms with E-state index in [4.69, 9.17) is 0 Å². The van der Waals surface area contributed by atoms with E-state index in [1.807, 2.05) is 5.38 Å². The van der Waals surface area contributed by atoms with Crippen LogP contribution in [0, 0.1) is 5.92 Å². The first kappa shape index (κ1) is 10.6. The van der Waals surface area contributed by atoms with Crippen molar-refractivity contribution in [1.82, 2.24) is 15.6 Å². The summed E-state index contributed by atoms with van der Waals surface area (Å²) in [6, 6.07) is 0.293. The van der Waals surface area contributed by atoms with Crippen LogP contribution in [0.1, 0.15) is 18.4 Å². The van der Waals surface area contributed by atoms with Gasteiger partial charge in [-0.05, 0) is 19.9 Å². The van der Waals surface area contributed by atoms with Crippen molar-refractivity contribution in [2.45, 2.75) is 25.9 Å². The third kappa shape index (κ3) is 2.54. The molecule has 0 spiro atoms. The van der Waals surface area contributed by atoms with Crippen molar-refractivity contribution >= 4 is 17.2 Å². The minimum absolute atomic E-state index is 0.116.